The summed E-state index contributed by atoms with van der Waals surface area (Å²) in [5, 5.41) is 0. The van der Waals surface area contributed by atoms with Gasteiger partial charge in [0.05, 0.1) is 0 Å². The largest absolute Gasteiger partial charge is 0.307 e. The number of halogens is 2. The second kappa shape index (κ2) is 3.94. The van der Waals surface area contributed by atoms with Gasteiger partial charge in [0.1, 0.15) is 11.6 Å². The molecule has 0 fully saturated rings. The number of hydrogen-bond donors (Lipinski definition) is 1. The van der Waals surface area contributed by atoms with Crippen LogP contribution in [-0.4, -0.2) is 9.97 Å². The minimum atomic E-state index is -0.344. The molecule has 0 unspecified atom stereocenters. The Morgan fingerprint density at radius 2 is 2.13 bits per heavy atom. The lowest BCUT2D eigenvalue weighted by Gasteiger charge is -2.02. The Hall–Kier alpha value is -1.49. The van der Waals surface area contributed by atoms with E-state index in [1.807, 2.05) is 0 Å². The van der Waals surface area contributed by atoms with Crippen molar-refractivity contribution in [3.8, 4) is 11.4 Å². The molecule has 0 spiro atoms. The number of rotatable bonds is 1. The number of benzene rings is 1. The third-order valence-electron chi connectivity index (χ3n) is 1.86. The van der Waals surface area contributed by atoms with E-state index in [1.165, 1.54) is 24.4 Å². The highest BCUT2D eigenvalue weighted by Crippen LogP contribution is 2.25. The fourth-order valence-corrected chi connectivity index (χ4v) is 1.73. The summed E-state index contributed by atoms with van der Waals surface area (Å²) in [4.78, 5) is 17.6. The fraction of sp³-hybridized carbons (Fsp3) is 0. The van der Waals surface area contributed by atoms with Gasteiger partial charge in [0.2, 0.25) is 0 Å². The Morgan fingerprint density at radius 1 is 1.33 bits per heavy atom. The van der Waals surface area contributed by atoms with Gasteiger partial charge in [-0.1, -0.05) is 0 Å². The number of hydrogen-bond acceptors (Lipinski definition) is 2. The molecule has 1 aromatic heterocycles. The molecule has 0 aliphatic heterocycles. The van der Waals surface area contributed by atoms with Crippen molar-refractivity contribution < 1.29 is 4.39 Å². The number of nitrogens with zero attached hydrogens (tertiary/aromatic N) is 1. The van der Waals surface area contributed by atoms with Crippen LogP contribution in [0.5, 0.6) is 0 Å². The SMILES string of the molecule is O=c1ccnc(-c2ccc(F)cc2Br)[nH]1. The average Bonchev–Trinajstić information content (AvgIpc) is 2.17. The first kappa shape index (κ1) is 10.0. The molecule has 0 saturated carbocycles. The van der Waals surface area contributed by atoms with Crippen LogP contribution < -0.4 is 5.56 Å². The highest BCUT2D eigenvalue weighted by molar-refractivity contribution is 9.10. The molecule has 0 aliphatic rings. The molecule has 0 atom stereocenters. The van der Waals surface area contributed by atoms with E-state index in [4.69, 9.17) is 0 Å². The van der Waals surface area contributed by atoms with E-state index in [1.54, 1.807) is 6.07 Å². The van der Waals surface area contributed by atoms with Crippen LogP contribution in [0, 0.1) is 5.82 Å². The van der Waals surface area contributed by atoms with Crippen molar-refractivity contribution >= 4 is 15.9 Å². The molecule has 2 rings (SSSR count). The summed E-state index contributed by atoms with van der Waals surface area (Å²) in [7, 11) is 0. The Kier molecular flexibility index (Phi) is 2.64. The van der Waals surface area contributed by atoms with Crippen LogP contribution in [0.15, 0.2) is 39.7 Å². The molecule has 0 saturated heterocycles. The summed E-state index contributed by atoms with van der Waals surface area (Å²) in [6.07, 6.45) is 1.41. The number of H-pyrrole nitrogens is 1. The maximum absolute atomic E-state index is 12.8. The van der Waals surface area contributed by atoms with Gasteiger partial charge in [-0.2, -0.15) is 0 Å². The first-order valence-electron chi connectivity index (χ1n) is 4.17. The molecule has 1 aromatic carbocycles. The molecule has 0 aliphatic carbocycles. The van der Waals surface area contributed by atoms with E-state index in [-0.39, 0.29) is 11.4 Å². The Balaban J connectivity index is 2.59. The third kappa shape index (κ3) is 2.12. The van der Waals surface area contributed by atoms with E-state index in [0.717, 1.165) is 0 Å². The average molecular weight is 269 g/mol. The minimum absolute atomic E-state index is 0.240. The van der Waals surface area contributed by atoms with Gasteiger partial charge in [-0.05, 0) is 34.1 Å². The second-order valence-corrected chi connectivity index (χ2v) is 3.76. The topological polar surface area (TPSA) is 45.8 Å². The van der Waals surface area contributed by atoms with Gasteiger partial charge in [0.25, 0.3) is 5.56 Å². The molecule has 15 heavy (non-hydrogen) atoms. The first-order chi connectivity index (χ1) is 7.16. The number of aromatic amines is 1. The first-order valence-corrected chi connectivity index (χ1v) is 4.97. The lowest BCUT2D eigenvalue weighted by Crippen LogP contribution is -2.06. The van der Waals surface area contributed by atoms with Gasteiger partial charge in [0, 0.05) is 22.3 Å². The molecule has 0 amide bonds. The molecule has 3 nitrogen and oxygen atoms in total. The highest BCUT2D eigenvalue weighted by atomic mass is 79.9. The number of aromatic nitrogens is 2. The van der Waals surface area contributed by atoms with Gasteiger partial charge >= 0.3 is 0 Å². The molecule has 1 heterocycles. The van der Waals surface area contributed by atoms with E-state index in [9.17, 15) is 9.18 Å². The van der Waals surface area contributed by atoms with E-state index >= 15 is 0 Å². The van der Waals surface area contributed by atoms with E-state index in [0.29, 0.717) is 15.9 Å². The summed E-state index contributed by atoms with van der Waals surface area (Å²) >= 11 is 3.21. The van der Waals surface area contributed by atoms with Crippen molar-refractivity contribution in [1.29, 1.82) is 0 Å². The summed E-state index contributed by atoms with van der Waals surface area (Å²) < 4.78 is 13.4. The van der Waals surface area contributed by atoms with Crippen molar-refractivity contribution in [3.05, 3.63) is 51.1 Å². The van der Waals surface area contributed by atoms with Gasteiger partial charge < -0.3 is 4.98 Å². The smallest absolute Gasteiger partial charge is 0.251 e. The predicted molar refractivity (Wildman–Crippen MR) is 58.0 cm³/mol. The zero-order valence-corrected chi connectivity index (χ0v) is 9.08. The molecule has 0 bridgehead atoms. The summed E-state index contributed by atoms with van der Waals surface area (Å²) in [6, 6.07) is 5.51. The quantitative estimate of drug-likeness (QED) is 0.863. The maximum Gasteiger partial charge on any atom is 0.251 e. The van der Waals surface area contributed by atoms with Gasteiger partial charge in [0.15, 0.2) is 0 Å². The highest BCUT2D eigenvalue weighted by Gasteiger charge is 2.05. The van der Waals surface area contributed by atoms with E-state index < -0.39 is 0 Å². The maximum atomic E-state index is 12.8. The van der Waals surface area contributed by atoms with Gasteiger partial charge in [-0.25, -0.2) is 9.37 Å². The molecular formula is C10H6BrFN2O. The van der Waals surface area contributed by atoms with Gasteiger partial charge in [-0.3, -0.25) is 4.79 Å². The lowest BCUT2D eigenvalue weighted by atomic mass is 10.2. The zero-order valence-electron chi connectivity index (χ0n) is 7.50. The van der Waals surface area contributed by atoms with Crippen LogP contribution in [0.4, 0.5) is 4.39 Å². The molecular weight excluding hydrogens is 263 g/mol. The van der Waals surface area contributed by atoms with Crippen LogP contribution in [-0.2, 0) is 0 Å². The lowest BCUT2D eigenvalue weighted by molar-refractivity contribution is 0.627. The van der Waals surface area contributed by atoms with Crippen LogP contribution >= 0.6 is 15.9 Å². The monoisotopic (exact) mass is 268 g/mol. The standard InChI is InChI=1S/C10H6BrFN2O/c11-8-5-6(12)1-2-7(8)10-13-4-3-9(15)14-10/h1-5H,(H,13,14,15). The molecule has 76 valence electrons. The summed E-state index contributed by atoms with van der Waals surface area (Å²) in [5.41, 5.74) is 0.408. The van der Waals surface area contributed by atoms with Crippen molar-refractivity contribution in [2.24, 2.45) is 0 Å². The van der Waals surface area contributed by atoms with Crippen LogP contribution in [0.3, 0.4) is 0 Å². The molecule has 5 heteroatoms. The van der Waals surface area contributed by atoms with Crippen molar-refractivity contribution in [2.75, 3.05) is 0 Å². The Morgan fingerprint density at radius 3 is 2.80 bits per heavy atom. The summed E-state index contributed by atoms with van der Waals surface area (Å²) in [5.74, 6) is 0.0679. The number of nitrogens with one attached hydrogen (secondary N) is 1. The Bertz CT molecular complexity index is 553. The minimum Gasteiger partial charge on any atom is -0.307 e. The Labute approximate surface area is 93.1 Å². The normalized spacial score (nSPS) is 10.3. The second-order valence-electron chi connectivity index (χ2n) is 2.91. The van der Waals surface area contributed by atoms with Crippen molar-refractivity contribution in [1.82, 2.24) is 9.97 Å². The molecule has 1 N–H and O–H groups in total. The fourth-order valence-electron chi connectivity index (χ4n) is 1.19. The van der Waals surface area contributed by atoms with Crippen LogP contribution in [0.1, 0.15) is 0 Å². The third-order valence-corrected chi connectivity index (χ3v) is 2.51. The van der Waals surface area contributed by atoms with E-state index in [2.05, 4.69) is 25.9 Å². The summed E-state index contributed by atoms with van der Waals surface area (Å²) in [6.45, 7) is 0. The van der Waals surface area contributed by atoms with Crippen LogP contribution in [0.2, 0.25) is 0 Å². The predicted octanol–water partition coefficient (Wildman–Crippen LogP) is 2.34. The zero-order chi connectivity index (χ0) is 10.8. The van der Waals surface area contributed by atoms with Crippen LogP contribution in [0.25, 0.3) is 11.4 Å². The van der Waals surface area contributed by atoms with Crippen molar-refractivity contribution in [3.63, 3.8) is 0 Å². The van der Waals surface area contributed by atoms with Crippen molar-refractivity contribution in [2.45, 2.75) is 0 Å². The van der Waals surface area contributed by atoms with Gasteiger partial charge in [-0.15, -0.1) is 0 Å². The molecule has 0 radical (unpaired) electrons. The molecule has 2 aromatic rings.